The molecule has 2 aromatic rings. The molecule has 256 valence electrons. The van der Waals surface area contributed by atoms with Gasteiger partial charge in [-0.3, -0.25) is 4.79 Å². The Hall–Kier alpha value is -1.79. The van der Waals surface area contributed by atoms with Crippen molar-refractivity contribution in [3.63, 3.8) is 0 Å². The smallest absolute Gasteiger partial charge is 0.312 e. The Labute approximate surface area is 287 Å². The van der Waals surface area contributed by atoms with Gasteiger partial charge in [-0.2, -0.15) is 0 Å². The molecule has 1 aliphatic rings. The molecule has 0 aromatic heterocycles. The fourth-order valence-corrected chi connectivity index (χ4v) is 6.62. The number of halogens is 2. The van der Waals surface area contributed by atoms with E-state index in [-0.39, 0.29) is 36.8 Å². The van der Waals surface area contributed by atoms with Crippen molar-refractivity contribution in [3.05, 3.63) is 65.2 Å². The number of ether oxygens (including phenoxy) is 2. The summed E-state index contributed by atoms with van der Waals surface area (Å²) >= 11 is 0. The lowest BCUT2D eigenvalue weighted by Gasteiger charge is -2.40. The van der Waals surface area contributed by atoms with Crippen LogP contribution in [0.2, 0.25) is 0 Å². The van der Waals surface area contributed by atoms with E-state index in [9.17, 15) is 4.79 Å². The van der Waals surface area contributed by atoms with Crippen LogP contribution in [0.4, 0.5) is 0 Å². The van der Waals surface area contributed by atoms with E-state index in [0.29, 0.717) is 0 Å². The van der Waals surface area contributed by atoms with Crippen molar-refractivity contribution in [2.24, 2.45) is 11.1 Å². The molecule has 7 heteroatoms. The van der Waals surface area contributed by atoms with Crippen molar-refractivity contribution in [2.75, 3.05) is 33.4 Å². The average Bonchev–Trinajstić information content (AvgIpc) is 3.02. The van der Waals surface area contributed by atoms with Gasteiger partial charge in [0.05, 0.1) is 19.1 Å². The first-order valence-electron chi connectivity index (χ1n) is 17.3. The van der Waals surface area contributed by atoms with Crippen LogP contribution in [0.5, 0.6) is 5.75 Å². The van der Waals surface area contributed by atoms with Crippen molar-refractivity contribution >= 4 is 30.8 Å². The average molecular weight is 666 g/mol. The van der Waals surface area contributed by atoms with Crippen molar-refractivity contribution in [1.82, 2.24) is 4.90 Å². The SMILES string of the molecule is CCCCCCCCCCCCCCOc1ccccc1CC(N)CN1CCC(Cc2ccccc2C)(C(=O)OC)CC1.Cl.Cl. The van der Waals surface area contributed by atoms with Gasteiger partial charge in [-0.1, -0.05) is 120 Å². The normalized spacial score (nSPS) is 15.0. The van der Waals surface area contributed by atoms with Crippen LogP contribution in [0.15, 0.2) is 48.5 Å². The molecule has 3 rings (SSSR count). The first kappa shape index (κ1) is 41.2. The Kier molecular flexibility index (Phi) is 21.5. The number of carbonyl (C=O) groups is 1. The molecule has 45 heavy (non-hydrogen) atoms. The lowest BCUT2D eigenvalue weighted by Crippen LogP contribution is -2.49. The summed E-state index contributed by atoms with van der Waals surface area (Å²) in [7, 11) is 1.52. The summed E-state index contributed by atoms with van der Waals surface area (Å²) in [6, 6.07) is 16.7. The first-order valence-corrected chi connectivity index (χ1v) is 17.3. The summed E-state index contributed by atoms with van der Waals surface area (Å²) < 4.78 is 11.5. The zero-order valence-electron chi connectivity index (χ0n) is 28.4. The van der Waals surface area contributed by atoms with Crippen molar-refractivity contribution in [2.45, 2.75) is 123 Å². The number of para-hydroxylation sites is 1. The Bertz CT molecular complexity index is 1060. The molecule has 1 fully saturated rings. The zero-order valence-corrected chi connectivity index (χ0v) is 30.0. The molecule has 2 N–H and O–H groups in total. The van der Waals surface area contributed by atoms with E-state index in [2.05, 4.69) is 67.3 Å². The van der Waals surface area contributed by atoms with Gasteiger partial charge < -0.3 is 20.1 Å². The van der Waals surface area contributed by atoms with Crippen molar-refractivity contribution in [1.29, 1.82) is 0 Å². The second-order valence-electron chi connectivity index (χ2n) is 13.0. The van der Waals surface area contributed by atoms with Crippen LogP contribution in [-0.4, -0.2) is 50.3 Å². The van der Waals surface area contributed by atoms with Crippen LogP contribution in [-0.2, 0) is 22.4 Å². The Morgan fingerprint density at radius 2 is 1.36 bits per heavy atom. The lowest BCUT2D eigenvalue weighted by atomic mass is 9.73. The number of aryl methyl sites for hydroxylation is 1. The quantitative estimate of drug-likeness (QED) is 0.106. The molecule has 1 aliphatic heterocycles. The highest BCUT2D eigenvalue weighted by molar-refractivity contribution is 5.85. The zero-order chi connectivity index (χ0) is 30.8. The predicted octanol–water partition coefficient (Wildman–Crippen LogP) is 9.29. The largest absolute Gasteiger partial charge is 0.493 e. The van der Waals surface area contributed by atoms with E-state index in [4.69, 9.17) is 15.2 Å². The summed E-state index contributed by atoms with van der Waals surface area (Å²) in [6.45, 7) is 7.69. The molecule has 1 atom stereocenters. The number of benzene rings is 2. The molecule has 0 bridgehead atoms. The number of esters is 1. The number of likely N-dealkylation sites (tertiary alicyclic amines) is 1. The Balaban J connectivity index is 0.00000506. The van der Waals surface area contributed by atoms with Crippen LogP contribution in [0, 0.1) is 12.3 Å². The molecule has 0 aliphatic carbocycles. The molecule has 2 aromatic carbocycles. The van der Waals surface area contributed by atoms with Gasteiger partial charge in [0.2, 0.25) is 0 Å². The molecule has 1 heterocycles. The Morgan fingerprint density at radius 3 is 1.93 bits per heavy atom. The van der Waals surface area contributed by atoms with Gasteiger partial charge in [0.15, 0.2) is 0 Å². The van der Waals surface area contributed by atoms with E-state index in [1.807, 2.05) is 0 Å². The highest BCUT2D eigenvalue weighted by Crippen LogP contribution is 2.37. The highest BCUT2D eigenvalue weighted by atomic mass is 35.5. The van der Waals surface area contributed by atoms with Crippen molar-refractivity contribution < 1.29 is 14.3 Å². The van der Waals surface area contributed by atoms with Crippen LogP contribution < -0.4 is 10.5 Å². The summed E-state index contributed by atoms with van der Waals surface area (Å²) in [5.74, 6) is 0.890. The molecule has 0 radical (unpaired) electrons. The van der Waals surface area contributed by atoms with Gasteiger partial charge in [0, 0.05) is 12.6 Å². The number of nitrogens with two attached hydrogens (primary N) is 1. The van der Waals surface area contributed by atoms with Gasteiger partial charge in [-0.25, -0.2) is 0 Å². The molecule has 1 saturated heterocycles. The number of piperidine rings is 1. The third kappa shape index (κ3) is 14.7. The molecule has 1 unspecified atom stereocenters. The van der Waals surface area contributed by atoms with Gasteiger partial charge in [0.25, 0.3) is 0 Å². The van der Waals surface area contributed by atoms with E-state index in [1.165, 1.54) is 94.4 Å². The summed E-state index contributed by atoms with van der Waals surface area (Å²) in [5.41, 5.74) is 9.88. The molecule has 0 amide bonds. The second-order valence-corrected chi connectivity index (χ2v) is 13.0. The molecule has 0 saturated carbocycles. The van der Waals surface area contributed by atoms with E-state index in [1.54, 1.807) is 0 Å². The van der Waals surface area contributed by atoms with E-state index < -0.39 is 5.41 Å². The van der Waals surface area contributed by atoms with E-state index in [0.717, 1.165) is 64.1 Å². The molecular formula is C38H62Cl2N2O3. The number of nitrogens with zero attached hydrogens (tertiary/aromatic N) is 1. The molecule has 0 spiro atoms. The number of carbonyl (C=O) groups excluding carboxylic acids is 1. The number of rotatable bonds is 21. The minimum Gasteiger partial charge on any atom is -0.493 e. The lowest BCUT2D eigenvalue weighted by molar-refractivity contribution is -0.156. The van der Waals surface area contributed by atoms with Gasteiger partial charge >= 0.3 is 5.97 Å². The first-order chi connectivity index (χ1) is 21.0. The van der Waals surface area contributed by atoms with E-state index >= 15 is 0 Å². The third-order valence-corrected chi connectivity index (χ3v) is 9.42. The molecule has 5 nitrogen and oxygen atoms in total. The van der Waals surface area contributed by atoms with Crippen molar-refractivity contribution in [3.8, 4) is 5.75 Å². The minimum absolute atomic E-state index is 0. The number of hydrogen-bond donors (Lipinski definition) is 1. The maximum atomic E-state index is 13.0. The van der Waals surface area contributed by atoms with Gasteiger partial charge in [-0.05, 0) is 74.9 Å². The van der Waals surface area contributed by atoms with Gasteiger partial charge in [0.1, 0.15) is 5.75 Å². The summed E-state index contributed by atoms with van der Waals surface area (Å²) in [6.07, 6.45) is 19.3. The number of hydrogen-bond acceptors (Lipinski definition) is 5. The van der Waals surface area contributed by atoms with Crippen LogP contribution >= 0.6 is 24.8 Å². The highest BCUT2D eigenvalue weighted by Gasteiger charge is 2.42. The Morgan fingerprint density at radius 1 is 0.822 bits per heavy atom. The third-order valence-electron chi connectivity index (χ3n) is 9.42. The maximum Gasteiger partial charge on any atom is 0.312 e. The monoisotopic (exact) mass is 664 g/mol. The van der Waals surface area contributed by atoms with Gasteiger partial charge in [-0.15, -0.1) is 24.8 Å². The number of methoxy groups -OCH3 is 1. The second kappa shape index (κ2) is 23.5. The number of unbranched alkanes of at least 4 members (excludes halogenated alkanes) is 11. The topological polar surface area (TPSA) is 64.8 Å². The predicted molar refractivity (Wildman–Crippen MR) is 194 cm³/mol. The maximum absolute atomic E-state index is 13.0. The molecular weight excluding hydrogens is 603 g/mol. The summed E-state index contributed by atoms with van der Waals surface area (Å²) in [5, 5.41) is 0. The van der Waals surface area contributed by atoms with Crippen LogP contribution in [0.3, 0.4) is 0 Å². The minimum atomic E-state index is -0.463. The fraction of sp³-hybridized carbons (Fsp3) is 0.658. The van der Waals surface area contributed by atoms with Crippen LogP contribution in [0.1, 0.15) is 114 Å². The standard InChI is InChI=1S/C38H60N2O3.2ClH/c1-4-5-6-7-8-9-10-11-12-13-14-19-28-43-36-23-18-17-21-33(36)29-35(39)31-40-26-24-38(25-27-40,37(41)42-3)30-34-22-16-15-20-32(34)2;;/h15-18,20-23,35H,4-14,19,24-31,39H2,1-3H3;2*1H. The van der Waals surface area contributed by atoms with Crippen LogP contribution in [0.25, 0.3) is 0 Å². The fourth-order valence-electron chi connectivity index (χ4n) is 6.62. The summed E-state index contributed by atoms with van der Waals surface area (Å²) in [4.78, 5) is 15.4.